The predicted molar refractivity (Wildman–Crippen MR) is 132 cm³/mol. The van der Waals surface area contributed by atoms with Gasteiger partial charge in [-0.2, -0.15) is 0 Å². The van der Waals surface area contributed by atoms with Gasteiger partial charge in [0.25, 0.3) is 0 Å². The summed E-state index contributed by atoms with van der Waals surface area (Å²) in [6.07, 6.45) is 0.730. The summed E-state index contributed by atoms with van der Waals surface area (Å²) in [5.74, 6) is 0.513. The first kappa shape index (κ1) is 23.6. The molecule has 2 heterocycles. The van der Waals surface area contributed by atoms with E-state index in [9.17, 15) is 4.79 Å². The van der Waals surface area contributed by atoms with Crippen molar-refractivity contribution in [1.82, 2.24) is 10.2 Å². The highest BCUT2D eigenvalue weighted by Crippen LogP contribution is 2.51. The summed E-state index contributed by atoms with van der Waals surface area (Å²) in [5.41, 5.74) is 0.472. The fourth-order valence-electron chi connectivity index (χ4n) is 4.55. The molecule has 33 heavy (non-hydrogen) atoms. The van der Waals surface area contributed by atoms with Crippen molar-refractivity contribution < 1.29 is 19.0 Å². The van der Waals surface area contributed by atoms with Crippen LogP contribution in [0.15, 0.2) is 42.5 Å². The van der Waals surface area contributed by atoms with Crippen LogP contribution in [0.1, 0.15) is 31.9 Å². The molecule has 0 aliphatic carbocycles. The first-order chi connectivity index (χ1) is 15.9. The van der Waals surface area contributed by atoms with Crippen molar-refractivity contribution in [3.05, 3.63) is 53.1 Å². The van der Waals surface area contributed by atoms with Gasteiger partial charge in [0.2, 0.25) is 5.91 Å². The molecule has 2 aromatic carbocycles. The fraction of sp³-hybridized carbons (Fsp3) is 0.417. The average molecular weight is 490 g/mol. The highest BCUT2D eigenvalue weighted by atomic mass is 35.5. The zero-order valence-corrected chi connectivity index (χ0v) is 20.5. The van der Waals surface area contributed by atoms with Crippen molar-refractivity contribution >= 4 is 40.5 Å². The lowest BCUT2D eigenvalue weighted by atomic mass is 9.78. The van der Waals surface area contributed by atoms with Gasteiger partial charge < -0.3 is 29.7 Å². The van der Waals surface area contributed by atoms with E-state index in [-0.39, 0.29) is 11.9 Å². The van der Waals surface area contributed by atoms with E-state index in [1.807, 2.05) is 36.9 Å². The molecular weight excluding hydrogens is 462 g/mol. The lowest BCUT2D eigenvalue weighted by Gasteiger charge is -2.56. The maximum atomic E-state index is 13.7. The molecule has 2 aromatic rings. The number of ether oxygens (including phenoxy) is 3. The second-order valence-electron chi connectivity index (χ2n) is 8.16. The van der Waals surface area contributed by atoms with E-state index < -0.39 is 11.6 Å². The van der Waals surface area contributed by atoms with Gasteiger partial charge in [-0.05, 0) is 62.8 Å². The molecule has 2 N–H and O–H groups in total. The van der Waals surface area contributed by atoms with Crippen molar-refractivity contribution in [3.8, 4) is 11.5 Å². The Bertz CT molecular complexity index is 1030. The number of benzene rings is 2. The van der Waals surface area contributed by atoms with Crippen molar-refractivity contribution in [2.45, 2.75) is 32.0 Å². The van der Waals surface area contributed by atoms with E-state index in [0.717, 1.165) is 12.0 Å². The molecule has 1 fully saturated rings. The molecule has 1 amide bonds. The normalized spacial score (nSPS) is 23.3. The number of carbonyl (C=O) groups excluding carboxylic acids is 1. The number of nitrogens with zero attached hydrogens (tertiary/aromatic N) is 1. The molecule has 176 valence electrons. The maximum absolute atomic E-state index is 13.7. The van der Waals surface area contributed by atoms with Gasteiger partial charge in [-0.25, -0.2) is 0 Å². The zero-order chi connectivity index (χ0) is 23.6. The Balaban J connectivity index is 1.75. The van der Waals surface area contributed by atoms with E-state index in [4.69, 9.17) is 38.0 Å². The first-order valence-electron chi connectivity index (χ1n) is 11.0. The van der Waals surface area contributed by atoms with Crippen LogP contribution in [0.3, 0.4) is 0 Å². The smallest absolute Gasteiger partial charge is 0.236 e. The number of anilines is 1. The monoisotopic (exact) mass is 489 g/mol. The third kappa shape index (κ3) is 4.47. The van der Waals surface area contributed by atoms with E-state index in [2.05, 4.69) is 10.6 Å². The van der Waals surface area contributed by atoms with Crippen LogP contribution in [0.25, 0.3) is 0 Å². The summed E-state index contributed by atoms with van der Waals surface area (Å²) >= 11 is 11.7. The Labute approximate surface area is 204 Å². The second kappa shape index (κ2) is 9.75. The number of fused-ring (bicyclic) bond motifs is 4. The lowest BCUT2D eigenvalue weighted by Crippen LogP contribution is -2.71. The third-order valence-electron chi connectivity index (χ3n) is 6.05. The number of rotatable bonds is 8. The molecule has 2 aliphatic heterocycles. The quantitative estimate of drug-likeness (QED) is 0.421. The summed E-state index contributed by atoms with van der Waals surface area (Å²) in [7, 11) is 1.66. The molecule has 1 saturated heterocycles. The molecule has 0 spiro atoms. The van der Waals surface area contributed by atoms with E-state index in [1.54, 1.807) is 31.4 Å². The Morgan fingerprint density at radius 3 is 2.76 bits per heavy atom. The topological polar surface area (TPSA) is 72.1 Å². The molecule has 7 nitrogen and oxygen atoms in total. The van der Waals surface area contributed by atoms with Crippen molar-refractivity contribution in [2.75, 3.05) is 32.2 Å². The number of carbonyl (C=O) groups is 1. The average Bonchev–Trinajstić information content (AvgIpc) is 2.78. The Morgan fingerprint density at radius 2 is 2.06 bits per heavy atom. The highest BCUT2D eigenvalue weighted by Gasteiger charge is 2.59. The number of thiocarbonyl (C=S) groups is 1. The predicted octanol–water partition coefficient (Wildman–Crippen LogP) is 4.37. The Hall–Kier alpha value is -2.55. The van der Waals surface area contributed by atoms with Crippen LogP contribution in [0, 0.1) is 5.92 Å². The lowest BCUT2D eigenvalue weighted by molar-refractivity contribution is -0.150. The van der Waals surface area contributed by atoms with Crippen LogP contribution >= 0.6 is 23.8 Å². The minimum absolute atomic E-state index is 0.177. The van der Waals surface area contributed by atoms with Gasteiger partial charge in [0.15, 0.2) is 22.3 Å². The van der Waals surface area contributed by atoms with Crippen LogP contribution in [-0.4, -0.2) is 48.5 Å². The zero-order valence-electron chi connectivity index (χ0n) is 18.9. The number of methoxy groups -OCH3 is 1. The minimum atomic E-state index is -1.03. The second-order valence-corrected chi connectivity index (χ2v) is 8.99. The van der Waals surface area contributed by atoms with E-state index in [1.165, 1.54) is 0 Å². The largest absolute Gasteiger partial charge is 0.490 e. The molecule has 3 atom stereocenters. The highest BCUT2D eigenvalue weighted by molar-refractivity contribution is 7.80. The molecule has 4 rings (SSSR count). The van der Waals surface area contributed by atoms with Crippen LogP contribution in [0.5, 0.6) is 11.5 Å². The number of halogens is 1. The number of para-hydroxylation sites is 1. The van der Waals surface area contributed by atoms with Crippen LogP contribution < -0.4 is 20.1 Å². The van der Waals surface area contributed by atoms with Crippen molar-refractivity contribution in [1.29, 1.82) is 0 Å². The molecule has 2 aliphatic rings. The van der Waals surface area contributed by atoms with Crippen molar-refractivity contribution in [2.24, 2.45) is 5.92 Å². The van der Waals surface area contributed by atoms with Gasteiger partial charge in [-0.3, -0.25) is 4.79 Å². The van der Waals surface area contributed by atoms with Gasteiger partial charge in [-0.1, -0.05) is 23.7 Å². The van der Waals surface area contributed by atoms with Gasteiger partial charge in [0.1, 0.15) is 5.92 Å². The SMILES string of the molecule is CCOc1cccc2c1O[C@@]1(C)[C@@H](C(=O)Nc3ccc(Cl)cc3)[C@H]2NC(=S)N1CCCOC. The van der Waals surface area contributed by atoms with E-state index in [0.29, 0.717) is 47.1 Å². The van der Waals surface area contributed by atoms with Crippen LogP contribution in [0.4, 0.5) is 5.69 Å². The molecule has 2 bridgehead atoms. The number of hydrogen-bond acceptors (Lipinski definition) is 5. The van der Waals surface area contributed by atoms with Crippen molar-refractivity contribution in [3.63, 3.8) is 0 Å². The van der Waals surface area contributed by atoms with Gasteiger partial charge >= 0.3 is 0 Å². The maximum Gasteiger partial charge on any atom is 0.236 e. The molecular formula is C24H28ClN3O4S. The molecule has 0 aromatic heterocycles. The van der Waals surface area contributed by atoms with Gasteiger partial charge in [-0.15, -0.1) is 0 Å². The summed E-state index contributed by atoms with van der Waals surface area (Å²) in [6.45, 7) is 5.49. The van der Waals surface area contributed by atoms with Gasteiger partial charge in [0.05, 0.1) is 12.6 Å². The summed E-state index contributed by atoms with van der Waals surface area (Å²) in [6, 6.07) is 12.4. The fourth-order valence-corrected chi connectivity index (χ4v) is 5.08. The molecule has 0 saturated carbocycles. The number of amides is 1. The van der Waals surface area contributed by atoms with Crippen LogP contribution in [0.2, 0.25) is 5.02 Å². The number of nitrogens with one attached hydrogen (secondary N) is 2. The van der Waals surface area contributed by atoms with E-state index >= 15 is 0 Å². The summed E-state index contributed by atoms with van der Waals surface area (Å²) < 4.78 is 17.7. The Kier molecular flexibility index (Phi) is 6.97. The van der Waals surface area contributed by atoms with Gasteiger partial charge in [0, 0.05) is 36.5 Å². The Morgan fingerprint density at radius 1 is 1.30 bits per heavy atom. The standard InChI is InChI=1S/C24H28ClN3O4S/c1-4-31-18-8-5-7-17-20-19(22(29)26-16-11-9-15(25)10-12-16)24(2,32-21(17)18)28(23(33)27-20)13-6-14-30-3/h5,7-12,19-20H,4,6,13-14H2,1-3H3,(H,26,29)(H,27,33)/t19-,20+,24+/m1/s1. The van der Waals surface area contributed by atoms with Crippen LogP contribution in [-0.2, 0) is 9.53 Å². The molecule has 0 radical (unpaired) electrons. The molecule has 9 heteroatoms. The third-order valence-corrected chi connectivity index (χ3v) is 6.64. The summed E-state index contributed by atoms with van der Waals surface area (Å²) in [4.78, 5) is 15.6. The number of hydrogen-bond donors (Lipinski definition) is 2. The first-order valence-corrected chi connectivity index (χ1v) is 11.8. The minimum Gasteiger partial charge on any atom is -0.490 e. The summed E-state index contributed by atoms with van der Waals surface area (Å²) in [5, 5.41) is 7.57. The molecule has 0 unspecified atom stereocenters.